The van der Waals surface area contributed by atoms with Gasteiger partial charge in [-0.2, -0.15) is 0 Å². The summed E-state index contributed by atoms with van der Waals surface area (Å²) in [5.41, 5.74) is 35.3. The molecule has 2 aromatic rings. The quantitative estimate of drug-likeness (QED) is 0.0254. The first-order valence-corrected chi connectivity index (χ1v) is 41.4. The molecule has 9 amide bonds. The fourth-order valence-electron chi connectivity index (χ4n) is 15.4. The molecule has 3 aliphatic rings. The van der Waals surface area contributed by atoms with Crippen LogP contribution in [0.2, 0.25) is 0 Å². The molecular weight excluding hydrogens is 1540 g/mol. The van der Waals surface area contributed by atoms with E-state index in [-0.39, 0.29) is 177 Å². The molecular formula is C83H126N16O20. The second-order valence-corrected chi connectivity index (χ2v) is 32.6. The minimum Gasteiger partial charge on any atom is -0.508 e. The van der Waals surface area contributed by atoms with Crippen LogP contribution < -0.4 is 66.3 Å². The van der Waals surface area contributed by atoms with Gasteiger partial charge in [-0.15, -0.1) is 0 Å². The molecule has 119 heavy (non-hydrogen) atoms. The SMILES string of the molecule is CCC(C)[C@H](NC(=O)[C@@H](CC(=O)[C@@H]1CCCN1C(=O)[C@H](CCCN=C(N)N)CC(=O)[C@H](CCCN=C(N)N)NC(=O)[C@@H]1CCCN1C(=O)[C@H](CCCCN)NC(=O)[C@H](CC(N)=O)CC(=O)[C@H](CCC(=O)O)NC(=O)[C@@H](CC(=O)[C@H](CC(C)C)NC(=O)[C@@H]1CCC(=O)N1)Cc1ccc(O)cc1)Cc1ccc(O)cc1)C(=O)C[C@@H](CC(C)C)C(=O)O. The Hall–Kier alpha value is -10.9. The number of ketones is 5. The van der Waals surface area contributed by atoms with Gasteiger partial charge in [-0.3, -0.25) is 86.7 Å². The first-order valence-electron chi connectivity index (χ1n) is 41.4. The Morgan fingerprint density at radius 1 is 0.504 bits per heavy atom. The summed E-state index contributed by atoms with van der Waals surface area (Å²) in [6, 6.07) is 1.64. The van der Waals surface area contributed by atoms with Gasteiger partial charge >= 0.3 is 11.9 Å². The van der Waals surface area contributed by atoms with E-state index in [4.69, 9.17) is 34.4 Å². The van der Waals surface area contributed by atoms with Crippen molar-refractivity contribution >= 4 is 106 Å². The van der Waals surface area contributed by atoms with E-state index in [0.29, 0.717) is 30.4 Å². The number of rotatable bonds is 55. The van der Waals surface area contributed by atoms with Gasteiger partial charge in [-0.05, 0) is 169 Å². The number of phenols is 2. The Morgan fingerprint density at radius 2 is 0.983 bits per heavy atom. The Morgan fingerprint density at radius 3 is 1.50 bits per heavy atom. The number of guanidine groups is 2. The fourth-order valence-corrected chi connectivity index (χ4v) is 15.4. The van der Waals surface area contributed by atoms with Gasteiger partial charge in [0.15, 0.2) is 40.8 Å². The molecule has 3 aliphatic heterocycles. The van der Waals surface area contributed by atoms with E-state index in [2.05, 4.69) is 41.9 Å². The average Bonchev–Trinajstić information content (AvgIpc) is 1.71. The zero-order chi connectivity index (χ0) is 88.3. The van der Waals surface area contributed by atoms with Gasteiger partial charge < -0.3 is 96.5 Å². The predicted octanol–water partition coefficient (Wildman–Crippen LogP) is 1.64. The number of carbonyl (C=O) groups is 16. The van der Waals surface area contributed by atoms with Crippen molar-refractivity contribution in [2.75, 3.05) is 32.7 Å². The lowest BCUT2D eigenvalue weighted by Gasteiger charge is -2.31. The number of likely N-dealkylation sites (tertiary alicyclic amines) is 2. The number of amides is 9. The Kier molecular flexibility index (Phi) is 41.0. The Labute approximate surface area is 694 Å². The second-order valence-electron chi connectivity index (χ2n) is 32.6. The van der Waals surface area contributed by atoms with Crippen LogP contribution in [0.25, 0.3) is 0 Å². The number of primary amides is 1. The summed E-state index contributed by atoms with van der Waals surface area (Å²) < 4.78 is 0. The first-order chi connectivity index (χ1) is 56.3. The highest BCUT2D eigenvalue weighted by molar-refractivity contribution is 6.01. The summed E-state index contributed by atoms with van der Waals surface area (Å²) in [7, 11) is 0. The van der Waals surface area contributed by atoms with Crippen molar-refractivity contribution < 1.29 is 97.1 Å². The molecule has 22 N–H and O–H groups in total. The molecule has 14 atom stereocenters. The third-order valence-electron chi connectivity index (χ3n) is 22.0. The number of aliphatic imine (C=N–C) groups is 2. The number of carboxylic acid groups (broad SMARTS) is 2. The van der Waals surface area contributed by atoms with Crippen molar-refractivity contribution in [3.63, 3.8) is 0 Å². The second kappa shape index (κ2) is 49.4. The number of Topliss-reactive ketones (excluding diaryl/α,β-unsaturated/α-hetero) is 5. The van der Waals surface area contributed by atoms with E-state index in [0.717, 1.165) is 0 Å². The van der Waals surface area contributed by atoms with Crippen LogP contribution in [0.5, 0.6) is 11.5 Å². The monoisotopic (exact) mass is 1670 g/mol. The van der Waals surface area contributed by atoms with E-state index in [1.54, 1.807) is 32.9 Å². The minimum absolute atomic E-state index is 0.00963. The lowest BCUT2D eigenvalue weighted by Crippen LogP contribution is -2.56. The van der Waals surface area contributed by atoms with Crippen LogP contribution in [-0.2, 0) is 89.6 Å². The number of phenolic OH excluding ortho intramolecular Hbond substituents is 2. The Balaban J connectivity index is 1.41. The van der Waals surface area contributed by atoms with E-state index in [1.165, 1.54) is 46.2 Å². The number of nitrogens with zero attached hydrogens (tertiary/aromatic N) is 4. The van der Waals surface area contributed by atoms with Gasteiger partial charge in [-0.1, -0.05) is 72.2 Å². The third kappa shape index (κ3) is 33.4. The average molecular weight is 1670 g/mol. The van der Waals surface area contributed by atoms with Gasteiger partial charge in [-0.25, -0.2) is 0 Å². The highest BCUT2D eigenvalue weighted by Gasteiger charge is 2.44. The summed E-state index contributed by atoms with van der Waals surface area (Å²) in [4.78, 5) is 236. The molecule has 0 bridgehead atoms. The molecule has 0 saturated carbocycles. The summed E-state index contributed by atoms with van der Waals surface area (Å²) in [6.07, 6.45) is -2.44. The smallest absolute Gasteiger partial charge is 0.306 e. The number of benzene rings is 2. The minimum atomic E-state index is -1.67. The highest BCUT2D eigenvalue weighted by Crippen LogP contribution is 2.31. The van der Waals surface area contributed by atoms with E-state index in [9.17, 15) is 82.8 Å². The van der Waals surface area contributed by atoms with E-state index < -0.39 is 217 Å². The van der Waals surface area contributed by atoms with Crippen LogP contribution >= 0.6 is 0 Å². The van der Waals surface area contributed by atoms with Crippen molar-refractivity contribution in [1.82, 2.24) is 41.7 Å². The maximum Gasteiger partial charge on any atom is 0.306 e. The van der Waals surface area contributed by atoms with E-state index in [1.807, 2.05) is 20.8 Å². The molecule has 2 aromatic carbocycles. The molecule has 658 valence electrons. The molecule has 36 heteroatoms. The van der Waals surface area contributed by atoms with Gasteiger partial charge in [0.05, 0.1) is 42.0 Å². The highest BCUT2D eigenvalue weighted by atomic mass is 16.4. The number of hydrogen-bond acceptors (Lipinski definition) is 21. The van der Waals surface area contributed by atoms with Gasteiger partial charge in [0.2, 0.25) is 53.2 Å². The number of unbranched alkanes of at least 4 members (excludes halogenated alkanes) is 1. The van der Waals surface area contributed by atoms with Crippen LogP contribution in [-0.4, -0.2) is 217 Å². The Bertz CT molecular complexity index is 3900. The van der Waals surface area contributed by atoms with Crippen molar-refractivity contribution in [1.29, 1.82) is 0 Å². The van der Waals surface area contributed by atoms with Crippen molar-refractivity contribution in [3.8, 4) is 11.5 Å². The van der Waals surface area contributed by atoms with Gasteiger partial charge in [0.25, 0.3) is 0 Å². The van der Waals surface area contributed by atoms with E-state index >= 15 is 14.4 Å². The molecule has 0 radical (unpaired) electrons. The van der Waals surface area contributed by atoms with Crippen LogP contribution in [0.3, 0.4) is 0 Å². The molecule has 0 aliphatic carbocycles. The topological polar surface area (TPSA) is 614 Å². The van der Waals surface area contributed by atoms with Crippen LogP contribution in [0.15, 0.2) is 58.5 Å². The number of nitrogens with one attached hydrogen (secondary N) is 6. The zero-order valence-electron chi connectivity index (χ0n) is 69.4. The summed E-state index contributed by atoms with van der Waals surface area (Å²) >= 11 is 0. The molecule has 3 saturated heterocycles. The fraction of sp³-hybridized carbons (Fsp3) is 0.639. The molecule has 0 aromatic heterocycles. The largest absolute Gasteiger partial charge is 0.508 e. The van der Waals surface area contributed by atoms with Crippen molar-refractivity contribution in [2.24, 2.45) is 91.7 Å². The zero-order valence-corrected chi connectivity index (χ0v) is 69.4. The number of carboxylic acids is 2. The van der Waals surface area contributed by atoms with Crippen molar-refractivity contribution in [2.45, 2.75) is 257 Å². The molecule has 36 nitrogen and oxygen atoms in total. The van der Waals surface area contributed by atoms with Crippen molar-refractivity contribution in [3.05, 3.63) is 59.7 Å². The summed E-state index contributed by atoms with van der Waals surface area (Å²) in [5.74, 6) is -20.1. The van der Waals surface area contributed by atoms with Gasteiger partial charge in [0.1, 0.15) is 29.6 Å². The lowest BCUT2D eigenvalue weighted by molar-refractivity contribution is -0.145. The predicted molar refractivity (Wildman–Crippen MR) is 439 cm³/mol. The number of aliphatic carboxylic acids is 2. The number of aromatic hydroxyl groups is 2. The number of carbonyl (C=O) groups excluding carboxylic acids is 14. The standard InChI is InChI=1S/C83H126N16O20/c1-7-48(6)73(69(106)44-55(81(118)119)36-46(2)3)97-76(113)53(39-50-21-25-57(101)26-22-50)43-68(105)63-17-12-34-98(63)79(116)51(14-10-32-90-82(86)87)40-65(102)58(16-11-33-91-83(88)89)94-78(115)64-18-13-35-99(64)80(117)61(15-8-9-31-84)95-75(112)54(45-70(85)107)42-66(103)59(28-30-72(109)110)93-74(111)52(38-49-19-23-56(100)24-20-49)41-67(104)62(37-47(4)5)96-77(114)60-27-29-71(108)92-60/h19-26,46-48,51-55,58-64,73,100-101H,7-18,27-45,84H2,1-6H3,(H2,85,107)(H,92,108)(H,93,111)(H,94,115)(H,95,112)(H,96,114)(H,97,113)(H,109,110)(H,118,119)(H4,86,87,90)(H4,88,89,91)/t48?,51-,52-,53-,54+,55-,58+,59+,60+,61+,62+,63+,64+,73+/m1/s1. The first kappa shape index (κ1) is 98.6. The summed E-state index contributed by atoms with van der Waals surface area (Å²) in [6.45, 7) is 11.0. The van der Waals surface area contributed by atoms with Crippen LogP contribution in [0.4, 0.5) is 0 Å². The lowest BCUT2D eigenvalue weighted by atomic mass is 9.85. The molecule has 0 spiro atoms. The van der Waals surface area contributed by atoms with Crippen LogP contribution in [0.1, 0.15) is 207 Å². The maximum absolute atomic E-state index is 15.2. The number of hydrogen-bond donors (Lipinski definition) is 16. The summed E-state index contributed by atoms with van der Waals surface area (Å²) in [5, 5.41) is 56.4. The molecule has 3 heterocycles. The molecule has 3 fully saturated rings. The third-order valence-corrected chi connectivity index (χ3v) is 22.0. The molecule has 5 rings (SSSR count). The molecule has 1 unspecified atom stereocenters. The normalized spacial score (nSPS) is 17.9. The van der Waals surface area contributed by atoms with Gasteiger partial charge in [0, 0.05) is 95.3 Å². The maximum atomic E-state index is 15.2. The van der Waals surface area contributed by atoms with Crippen LogP contribution in [0, 0.1) is 47.3 Å². The number of nitrogens with two attached hydrogens (primary N) is 6.